The van der Waals surface area contributed by atoms with Crippen molar-refractivity contribution in [2.45, 2.75) is 33.2 Å². The molecule has 0 saturated carbocycles. The van der Waals surface area contributed by atoms with Gasteiger partial charge in [0.1, 0.15) is 6.61 Å². The van der Waals surface area contributed by atoms with Crippen LogP contribution in [0.3, 0.4) is 0 Å². The molecule has 0 radical (unpaired) electrons. The summed E-state index contributed by atoms with van der Waals surface area (Å²) in [5.74, 6) is 5.60. The molecule has 19 heavy (non-hydrogen) atoms. The Balaban J connectivity index is 2.48. The van der Waals surface area contributed by atoms with Gasteiger partial charge >= 0.3 is 0 Å². The van der Waals surface area contributed by atoms with Crippen LogP contribution in [0.25, 0.3) is 0 Å². The van der Waals surface area contributed by atoms with Crippen LogP contribution in [0.15, 0.2) is 24.3 Å². The number of hydrogen-bond acceptors (Lipinski definition) is 2. The van der Waals surface area contributed by atoms with Gasteiger partial charge in [-0.25, -0.2) is 0 Å². The largest absolute Gasteiger partial charge is 0.384 e. The van der Waals surface area contributed by atoms with Crippen molar-refractivity contribution in [3.63, 3.8) is 0 Å². The zero-order valence-corrected chi connectivity index (χ0v) is 11.6. The Morgan fingerprint density at radius 2 is 2.05 bits per heavy atom. The molecule has 0 heterocycles. The summed E-state index contributed by atoms with van der Waals surface area (Å²) in [4.78, 5) is 11.8. The lowest BCUT2D eigenvalue weighted by atomic mass is 10.1. The summed E-state index contributed by atoms with van der Waals surface area (Å²) >= 11 is 0. The highest BCUT2D eigenvalue weighted by Gasteiger charge is 2.10. The number of aliphatic hydroxyl groups is 1. The van der Waals surface area contributed by atoms with Gasteiger partial charge in [-0.3, -0.25) is 4.79 Å². The van der Waals surface area contributed by atoms with Crippen molar-refractivity contribution >= 4 is 5.91 Å². The van der Waals surface area contributed by atoms with E-state index in [2.05, 4.69) is 24.1 Å². The van der Waals surface area contributed by atoms with Gasteiger partial charge in [0, 0.05) is 18.0 Å². The molecule has 1 aromatic carbocycles. The molecule has 1 aromatic rings. The standard InChI is InChI=1S/C16H21NO2/c1-3-5-13(2)16(19)17-12-15-9-7-14(8-10-15)6-4-11-18/h7-10,13,18H,3,5,11-12H2,1-2H3,(H,17,19). The molecule has 0 bridgehead atoms. The zero-order chi connectivity index (χ0) is 14.1. The second kappa shape index (κ2) is 8.34. The van der Waals surface area contributed by atoms with Crippen LogP contribution < -0.4 is 5.32 Å². The predicted octanol–water partition coefficient (Wildman–Crippen LogP) is 2.08. The molecule has 1 atom stereocenters. The van der Waals surface area contributed by atoms with Gasteiger partial charge in [0.05, 0.1) is 0 Å². The van der Waals surface area contributed by atoms with Gasteiger partial charge in [-0.1, -0.05) is 44.2 Å². The SMILES string of the molecule is CCCC(C)C(=O)NCc1ccc(C#CCO)cc1. The molecule has 0 aliphatic rings. The lowest BCUT2D eigenvalue weighted by Crippen LogP contribution is -2.28. The molecule has 0 aliphatic heterocycles. The summed E-state index contributed by atoms with van der Waals surface area (Å²) in [6.45, 7) is 4.44. The third-order valence-corrected chi connectivity index (χ3v) is 2.90. The molecule has 3 heteroatoms. The topological polar surface area (TPSA) is 49.3 Å². The molecule has 0 aliphatic carbocycles. The summed E-state index contributed by atoms with van der Waals surface area (Å²) in [7, 11) is 0. The minimum atomic E-state index is -0.132. The Kier molecular flexibility index (Phi) is 6.70. The van der Waals surface area contributed by atoms with Crippen molar-refractivity contribution in [1.82, 2.24) is 5.32 Å². The van der Waals surface area contributed by atoms with Crippen molar-refractivity contribution in [1.29, 1.82) is 0 Å². The van der Waals surface area contributed by atoms with Crippen molar-refractivity contribution in [3.05, 3.63) is 35.4 Å². The normalized spacial score (nSPS) is 11.3. The molecule has 0 fully saturated rings. The summed E-state index contributed by atoms with van der Waals surface area (Å²) in [6, 6.07) is 7.65. The van der Waals surface area contributed by atoms with E-state index in [0.29, 0.717) is 6.54 Å². The van der Waals surface area contributed by atoms with Crippen molar-refractivity contribution in [2.24, 2.45) is 5.92 Å². The number of carbonyl (C=O) groups excluding carboxylic acids is 1. The summed E-state index contributed by atoms with van der Waals surface area (Å²) in [5.41, 5.74) is 1.91. The number of nitrogens with one attached hydrogen (secondary N) is 1. The number of aliphatic hydroxyl groups excluding tert-OH is 1. The van der Waals surface area contributed by atoms with Gasteiger partial charge in [-0.15, -0.1) is 0 Å². The summed E-state index contributed by atoms with van der Waals surface area (Å²) in [6.07, 6.45) is 1.94. The van der Waals surface area contributed by atoms with Crippen LogP contribution in [0.5, 0.6) is 0 Å². The highest BCUT2D eigenvalue weighted by Crippen LogP contribution is 2.06. The molecular formula is C16H21NO2. The van der Waals surface area contributed by atoms with Gasteiger partial charge in [-0.05, 0) is 24.1 Å². The van der Waals surface area contributed by atoms with Crippen molar-refractivity contribution in [2.75, 3.05) is 6.61 Å². The number of carbonyl (C=O) groups is 1. The van der Waals surface area contributed by atoms with Crippen molar-refractivity contribution in [3.8, 4) is 11.8 Å². The van der Waals surface area contributed by atoms with Crippen LogP contribution in [-0.2, 0) is 11.3 Å². The molecule has 0 saturated heterocycles. The maximum absolute atomic E-state index is 11.8. The molecule has 1 unspecified atom stereocenters. The Morgan fingerprint density at radius 3 is 2.63 bits per heavy atom. The Labute approximate surface area is 115 Å². The number of benzene rings is 1. The van der Waals surface area contributed by atoms with E-state index in [1.54, 1.807) is 0 Å². The van der Waals surface area contributed by atoms with Gasteiger partial charge in [0.25, 0.3) is 0 Å². The number of amides is 1. The minimum absolute atomic E-state index is 0.0692. The van der Waals surface area contributed by atoms with Gasteiger partial charge in [-0.2, -0.15) is 0 Å². The van der Waals surface area contributed by atoms with E-state index in [1.165, 1.54) is 0 Å². The van der Waals surface area contributed by atoms with Crippen LogP contribution in [0, 0.1) is 17.8 Å². The van der Waals surface area contributed by atoms with Gasteiger partial charge < -0.3 is 10.4 Å². The molecule has 0 spiro atoms. The second-order valence-electron chi connectivity index (χ2n) is 4.56. The Bertz CT molecular complexity index is 454. The van der Waals surface area contributed by atoms with Gasteiger partial charge in [0.15, 0.2) is 0 Å². The van der Waals surface area contributed by atoms with E-state index in [-0.39, 0.29) is 18.4 Å². The quantitative estimate of drug-likeness (QED) is 0.795. The van der Waals surface area contributed by atoms with E-state index in [0.717, 1.165) is 24.0 Å². The molecule has 1 amide bonds. The predicted molar refractivity (Wildman–Crippen MR) is 76.3 cm³/mol. The van der Waals surface area contributed by atoms with E-state index < -0.39 is 0 Å². The molecule has 102 valence electrons. The lowest BCUT2D eigenvalue weighted by Gasteiger charge is -2.11. The second-order valence-corrected chi connectivity index (χ2v) is 4.56. The lowest BCUT2D eigenvalue weighted by molar-refractivity contribution is -0.124. The third kappa shape index (κ3) is 5.58. The molecular weight excluding hydrogens is 238 g/mol. The van der Waals surface area contributed by atoms with Gasteiger partial charge in [0.2, 0.25) is 5.91 Å². The number of rotatable bonds is 5. The van der Waals surface area contributed by atoms with Crippen LogP contribution >= 0.6 is 0 Å². The summed E-state index contributed by atoms with van der Waals surface area (Å²) in [5, 5.41) is 11.5. The summed E-state index contributed by atoms with van der Waals surface area (Å²) < 4.78 is 0. The first-order valence-electron chi connectivity index (χ1n) is 6.63. The van der Waals surface area contributed by atoms with E-state index in [4.69, 9.17) is 5.11 Å². The van der Waals surface area contributed by atoms with E-state index in [1.807, 2.05) is 31.2 Å². The van der Waals surface area contributed by atoms with E-state index in [9.17, 15) is 4.79 Å². The van der Waals surface area contributed by atoms with Crippen LogP contribution in [0.4, 0.5) is 0 Å². The fourth-order valence-electron chi connectivity index (χ4n) is 1.78. The average molecular weight is 259 g/mol. The Hall–Kier alpha value is -1.79. The van der Waals surface area contributed by atoms with Crippen molar-refractivity contribution < 1.29 is 9.90 Å². The van der Waals surface area contributed by atoms with E-state index >= 15 is 0 Å². The maximum atomic E-state index is 11.8. The molecule has 0 aromatic heterocycles. The highest BCUT2D eigenvalue weighted by atomic mass is 16.2. The maximum Gasteiger partial charge on any atom is 0.223 e. The first kappa shape index (κ1) is 15.3. The fourth-order valence-corrected chi connectivity index (χ4v) is 1.78. The fraction of sp³-hybridized carbons (Fsp3) is 0.438. The molecule has 2 N–H and O–H groups in total. The van der Waals surface area contributed by atoms with Crippen LogP contribution in [-0.4, -0.2) is 17.6 Å². The zero-order valence-electron chi connectivity index (χ0n) is 11.6. The Morgan fingerprint density at radius 1 is 1.37 bits per heavy atom. The van der Waals surface area contributed by atoms with Crippen LogP contribution in [0.1, 0.15) is 37.8 Å². The third-order valence-electron chi connectivity index (χ3n) is 2.90. The first-order valence-corrected chi connectivity index (χ1v) is 6.63. The molecule has 3 nitrogen and oxygen atoms in total. The monoisotopic (exact) mass is 259 g/mol. The first-order chi connectivity index (χ1) is 9.17. The van der Waals surface area contributed by atoms with Crippen LogP contribution in [0.2, 0.25) is 0 Å². The highest BCUT2D eigenvalue weighted by molar-refractivity contribution is 5.78. The minimum Gasteiger partial charge on any atom is -0.384 e. The smallest absolute Gasteiger partial charge is 0.223 e. The average Bonchev–Trinajstić information content (AvgIpc) is 2.43. The number of hydrogen-bond donors (Lipinski definition) is 2. The molecule has 1 rings (SSSR count).